The molecule has 0 unspecified atom stereocenters. The molecule has 0 saturated heterocycles. The van der Waals surface area contributed by atoms with E-state index in [4.69, 9.17) is 9.47 Å². The number of hydrogen-bond donors (Lipinski definition) is 1. The van der Waals surface area contributed by atoms with Gasteiger partial charge in [0.2, 0.25) is 6.79 Å². The zero-order chi connectivity index (χ0) is 17.2. The molecule has 1 aliphatic heterocycles. The summed E-state index contributed by atoms with van der Waals surface area (Å²) in [7, 11) is 0. The predicted molar refractivity (Wildman–Crippen MR) is 92.2 cm³/mol. The maximum atomic E-state index is 11.2. The van der Waals surface area contributed by atoms with E-state index < -0.39 is 4.92 Å². The number of nitro benzene ring substituents is 1. The Kier molecular flexibility index (Phi) is 3.62. The van der Waals surface area contributed by atoms with Crippen LogP contribution in [0.5, 0.6) is 11.5 Å². The Morgan fingerprint density at radius 3 is 2.84 bits per heavy atom. The average molecular weight is 336 g/mol. The lowest BCUT2D eigenvalue weighted by molar-refractivity contribution is -0.385. The lowest BCUT2D eigenvalue weighted by Crippen LogP contribution is -1.97. The Hall–Kier alpha value is -3.68. The summed E-state index contributed by atoms with van der Waals surface area (Å²) in [5.74, 6) is 0.814. The molecule has 0 fully saturated rings. The number of nitro groups is 1. The smallest absolute Gasteiger partial charge is 0.282 e. The molecule has 25 heavy (non-hydrogen) atoms. The van der Waals surface area contributed by atoms with Crippen LogP contribution in [0.1, 0.15) is 5.56 Å². The first kappa shape index (κ1) is 14.9. The number of nitrogens with one attached hydrogen (secondary N) is 1. The molecule has 0 saturated carbocycles. The van der Waals surface area contributed by atoms with Crippen LogP contribution in [0, 0.1) is 10.1 Å². The van der Waals surface area contributed by atoms with Crippen molar-refractivity contribution in [2.75, 3.05) is 12.2 Å². The van der Waals surface area contributed by atoms with Crippen molar-refractivity contribution in [3.63, 3.8) is 0 Å². The molecule has 0 spiro atoms. The van der Waals surface area contributed by atoms with Gasteiger partial charge < -0.3 is 9.47 Å². The highest BCUT2D eigenvalue weighted by Gasteiger charge is 2.22. The number of pyridine rings is 1. The SMILES string of the molecule is O=[N+]([O-])c1cc2c(cc1/C=N/Nc1cccc3cccnc13)OCO2. The Labute approximate surface area is 141 Å². The molecule has 2 aromatic carbocycles. The lowest BCUT2D eigenvalue weighted by Gasteiger charge is -2.04. The molecule has 0 amide bonds. The van der Waals surface area contributed by atoms with Crippen molar-refractivity contribution in [3.05, 3.63) is 64.3 Å². The Balaban J connectivity index is 1.65. The van der Waals surface area contributed by atoms with Crippen LogP contribution in [0.4, 0.5) is 11.4 Å². The molecular weight excluding hydrogens is 324 g/mol. The first-order valence-electron chi connectivity index (χ1n) is 7.43. The van der Waals surface area contributed by atoms with Crippen LogP contribution < -0.4 is 14.9 Å². The summed E-state index contributed by atoms with van der Waals surface area (Å²) in [6.07, 6.45) is 3.07. The summed E-state index contributed by atoms with van der Waals surface area (Å²) >= 11 is 0. The van der Waals surface area contributed by atoms with Gasteiger partial charge in [0.05, 0.1) is 34.0 Å². The number of fused-ring (bicyclic) bond motifs is 2. The zero-order valence-electron chi connectivity index (χ0n) is 12.9. The zero-order valence-corrected chi connectivity index (χ0v) is 12.9. The monoisotopic (exact) mass is 336 g/mol. The summed E-state index contributed by atoms with van der Waals surface area (Å²) in [5, 5.41) is 16.3. The summed E-state index contributed by atoms with van der Waals surface area (Å²) in [5.41, 5.74) is 4.56. The summed E-state index contributed by atoms with van der Waals surface area (Å²) in [4.78, 5) is 15.1. The number of benzene rings is 2. The first-order valence-corrected chi connectivity index (χ1v) is 7.43. The van der Waals surface area contributed by atoms with Gasteiger partial charge in [-0.2, -0.15) is 5.10 Å². The van der Waals surface area contributed by atoms with Gasteiger partial charge in [0.15, 0.2) is 11.5 Å². The predicted octanol–water partition coefficient (Wildman–Crippen LogP) is 3.32. The van der Waals surface area contributed by atoms with Crippen LogP contribution in [-0.2, 0) is 0 Å². The van der Waals surface area contributed by atoms with E-state index in [1.54, 1.807) is 6.20 Å². The maximum absolute atomic E-state index is 11.2. The van der Waals surface area contributed by atoms with Gasteiger partial charge in [0, 0.05) is 11.6 Å². The molecule has 0 aliphatic carbocycles. The Bertz CT molecular complexity index is 998. The van der Waals surface area contributed by atoms with E-state index in [1.807, 2.05) is 30.3 Å². The molecule has 1 aromatic heterocycles. The third-order valence-electron chi connectivity index (χ3n) is 3.74. The number of rotatable bonds is 4. The van der Waals surface area contributed by atoms with Gasteiger partial charge in [-0.25, -0.2) is 0 Å². The van der Waals surface area contributed by atoms with E-state index in [0.717, 1.165) is 10.9 Å². The fraction of sp³-hybridized carbons (Fsp3) is 0.0588. The van der Waals surface area contributed by atoms with Gasteiger partial charge in [-0.1, -0.05) is 18.2 Å². The van der Waals surface area contributed by atoms with Crippen molar-refractivity contribution in [2.24, 2.45) is 5.10 Å². The molecule has 0 atom stereocenters. The molecule has 4 rings (SSSR count). The molecule has 1 aliphatic rings. The van der Waals surface area contributed by atoms with Crippen molar-refractivity contribution in [3.8, 4) is 11.5 Å². The van der Waals surface area contributed by atoms with Gasteiger partial charge in [0.1, 0.15) is 0 Å². The second-order valence-electron chi connectivity index (χ2n) is 5.27. The van der Waals surface area contributed by atoms with Crippen LogP contribution in [0.3, 0.4) is 0 Å². The van der Waals surface area contributed by atoms with Gasteiger partial charge in [-0.15, -0.1) is 0 Å². The second-order valence-corrected chi connectivity index (χ2v) is 5.27. The third-order valence-corrected chi connectivity index (χ3v) is 3.74. The minimum atomic E-state index is -0.483. The third kappa shape index (κ3) is 2.80. The molecule has 0 radical (unpaired) electrons. The minimum Gasteiger partial charge on any atom is -0.454 e. The molecule has 3 aromatic rings. The van der Waals surface area contributed by atoms with Gasteiger partial charge >= 0.3 is 0 Å². The number of hydrazone groups is 1. The number of anilines is 1. The van der Waals surface area contributed by atoms with Crippen LogP contribution in [0.15, 0.2) is 53.8 Å². The normalized spacial score (nSPS) is 12.6. The van der Waals surface area contributed by atoms with Gasteiger partial charge in [-0.05, 0) is 18.2 Å². The summed E-state index contributed by atoms with van der Waals surface area (Å²) < 4.78 is 10.4. The molecule has 1 N–H and O–H groups in total. The van der Waals surface area contributed by atoms with E-state index >= 15 is 0 Å². The number of aromatic nitrogens is 1. The molecular formula is C17H12N4O4. The van der Waals surface area contributed by atoms with Crippen LogP contribution >= 0.6 is 0 Å². The Morgan fingerprint density at radius 2 is 2.00 bits per heavy atom. The van der Waals surface area contributed by atoms with E-state index in [-0.39, 0.29) is 12.5 Å². The van der Waals surface area contributed by atoms with E-state index in [2.05, 4.69) is 15.5 Å². The average Bonchev–Trinajstić information content (AvgIpc) is 3.08. The van der Waals surface area contributed by atoms with Gasteiger partial charge in [0.25, 0.3) is 5.69 Å². The van der Waals surface area contributed by atoms with Crippen LogP contribution in [0.25, 0.3) is 10.9 Å². The number of ether oxygens (including phenoxy) is 2. The maximum Gasteiger partial charge on any atom is 0.282 e. The molecule has 2 heterocycles. The molecule has 0 bridgehead atoms. The highest BCUT2D eigenvalue weighted by atomic mass is 16.7. The first-order chi connectivity index (χ1) is 12.2. The molecule has 8 heteroatoms. The highest BCUT2D eigenvalue weighted by molar-refractivity contribution is 5.91. The van der Waals surface area contributed by atoms with E-state index in [9.17, 15) is 10.1 Å². The van der Waals surface area contributed by atoms with Crippen molar-refractivity contribution in [1.29, 1.82) is 0 Å². The van der Waals surface area contributed by atoms with E-state index in [0.29, 0.717) is 22.7 Å². The molecule has 8 nitrogen and oxygen atoms in total. The van der Waals surface area contributed by atoms with E-state index in [1.165, 1.54) is 18.3 Å². The fourth-order valence-electron chi connectivity index (χ4n) is 2.57. The highest BCUT2D eigenvalue weighted by Crippen LogP contribution is 2.37. The minimum absolute atomic E-state index is 0.0486. The van der Waals surface area contributed by atoms with Crippen molar-refractivity contribution in [1.82, 2.24) is 4.98 Å². The van der Waals surface area contributed by atoms with Gasteiger partial charge in [-0.3, -0.25) is 20.5 Å². The number of hydrogen-bond acceptors (Lipinski definition) is 7. The summed E-state index contributed by atoms with van der Waals surface area (Å²) in [6.45, 7) is 0.0486. The largest absolute Gasteiger partial charge is 0.454 e. The standard InChI is InChI=1S/C17H12N4O4/c22-21(23)14-8-16-15(24-10-25-16)7-12(14)9-19-20-13-5-1-3-11-4-2-6-18-17(11)13/h1-9,20H,10H2/b19-9+. The topological polar surface area (TPSA) is 98.9 Å². The van der Waals surface area contributed by atoms with Crippen molar-refractivity contribution >= 4 is 28.5 Å². The van der Waals surface area contributed by atoms with Crippen molar-refractivity contribution < 1.29 is 14.4 Å². The summed E-state index contributed by atoms with van der Waals surface area (Å²) in [6, 6.07) is 12.3. The van der Waals surface area contributed by atoms with Crippen LogP contribution in [-0.4, -0.2) is 22.9 Å². The quantitative estimate of drug-likeness (QED) is 0.446. The number of nitrogens with zero attached hydrogens (tertiary/aromatic N) is 3. The van der Waals surface area contributed by atoms with Crippen molar-refractivity contribution in [2.45, 2.75) is 0 Å². The fourth-order valence-corrected chi connectivity index (χ4v) is 2.57. The van der Waals surface area contributed by atoms with Crippen LogP contribution in [0.2, 0.25) is 0 Å². The Morgan fingerprint density at radius 1 is 1.20 bits per heavy atom. The second kappa shape index (κ2) is 6.08. The number of para-hydroxylation sites is 1. The lowest BCUT2D eigenvalue weighted by atomic mass is 10.1. The molecule has 124 valence electrons.